The molecule has 1 N–H and O–H groups in total. The number of carbonyl (C=O) groups excluding carboxylic acids is 1. The van der Waals surface area contributed by atoms with E-state index < -0.39 is 5.97 Å². The molecule has 0 atom stereocenters. The van der Waals surface area contributed by atoms with Crippen LogP contribution >= 0.6 is 34.2 Å². The zero-order chi connectivity index (χ0) is 13.0. The first kappa shape index (κ1) is 14.2. The Labute approximate surface area is 118 Å². The third-order valence-corrected chi connectivity index (χ3v) is 3.33. The van der Waals surface area contributed by atoms with E-state index in [0.29, 0.717) is 17.1 Å². The van der Waals surface area contributed by atoms with Gasteiger partial charge in [-0.15, -0.1) is 0 Å². The lowest BCUT2D eigenvalue weighted by molar-refractivity contribution is -0.137. The van der Waals surface area contributed by atoms with Crippen LogP contribution < -0.4 is 0 Å². The molecule has 6 heteroatoms. The number of halogens is 2. The van der Waals surface area contributed by atoms with E-state index in [2.05, 4.69) is 0 Å². The molecule has 17 heavy (non-hydrogen) atoms. The van der Waals surface area contributed by atoms with Crippen molar-refractivity contribution >= 4 is 46.1 Å². The Hall–Kier alpha value is -0.820. The Morgan fingerprint density at radius 2 is 2.12 bits per heavy atom. The van der Waals surface area contributed by atoms with E-state index in [1.807, 2.05) is 22.6 Å². The average Bonchev–Trinajstić information content (AvgIpc) is 2.28. The average molecular weight is 368 g/mol. The Morgan fingerprint density at radius 3 is 2.65 bits per heavy atom. The van der Waals surface area contributed by atoms with E-state index in [1.165, 1.54) is 4.90 Å². The lowest BCUT2D eigenvalue weighted by atomic mass is 10.2. The number of hydrogen-bond donors (Lipinski definition) is 1. The highest BCUT2D eigenvalue weighted by atomic mass is 127. The number of nitrogens with zero attached hydrogens (tertiary/aromatic N) is 1. The van der Waals surface area contributed by atoms with Crippen LogP contribution in [0.5, 0.6) is 0 Å². The number of hydrogen-bond acceptors (Lipinski definition) is 2. The van der Waals surface area contributed by atoms with Crippen molar-refractivity contribution in [2.75, 3.05) is 13.1 Å². The zero-order valence-corrected chi connectivity index (χ0v) is 12.0. The van der Waals surface area contributed by atoms with Gasteiger partial charge in [-0.05, 0) is 47.7 Å². The molecule has 0 aliphatic heterocycles. The van der Waals surface area contributed by atoms with E-state index in [1.54, 1.807) is 25.1 Å². The van der Waals surface area contributed by atoms with Gasteiger partial charge in [0.2, 0.25) is 0 Å². The molecule has 0 aromatic heterocycles. The summed E-state index contributed by atoms with van der Waals surface area (Å²) in [5.74, 6) is -1.35. The van der Waals surface area contributed by atoms with Crippen molar-refractivity contribution in [2.45, 2.75) is 6.92 Å². The van der Waals surface area contributed by atoms with Gasteiger partial charge in [0, 0.05) is 15.1 Å². The van der Waals surface area contributed by atoms with Gasteiger partial charge < -0.3 is 10.0 Å². The summed E-state index contributed by atoms with van der Waals surface area (Å²) >= 11 is 7.85. The maximum atomic E-state index is 12.1. The number of likely N-dealkylation sites (N-methyl/N-ethyl adjacent to an activating group) is 1. The summed E-state index contributed by atoms with van der Waals surface area (Å²) in [4.78, 5) is 24.0. The molecule has 0 aliphatic carbocycles. The summed E-state index contributed by atoms with van der Waals surface area (Å²) in [6.45, 7) is 1.77. The standard InChI is InChI=1S/C11H11ClINO3/c1-2-14(6-10(15)16)11(17)8-5-7(12)3-4-9(8)13/h3-5H,2,6H2,1H3,(H,15,16). The monoisotopic (exact) mass is 367 g/mol. The summed E-state index contributed by atoms with van der Waals surface area (Å²) in [7, 11) is 0. The van der Waals surface area contributed by atoms with Gasteiger partial charge in [0.05, 0.1) is 5.56 Å². The van der Waals surface area contributed by atoms with Gasteiger partial charge in [-0.2, -0.15) is 0 Å². The zero-order valence-electron chi connectivity index (χ0n) is 9.11. The first-order valence-electron chi connectivity index (χ1n) is 4.91. The molecule has 1 rings (SSSR count). The fraction of sp³-hybridized carbons (Fsp3) is 0.273. The minimum Gasteiger partial charge on any atom is -0.480 e. The number of amides is 1. The smallest absolute Gasteiger partial charge is 0.323 e. The molecule has 0 unspecified atom stereocenters. The number of carboxylic acids is 1. The highest BCUT2D eigenvalue weighted by Crippen LogP contribution is 2.19. The highest BCUT2D eigenvalue weighted by Gasteiger charge is 2.19. The van der Waals surface area contributed by atoms with Crippen molar-refractivity contribution in [3.8, 4) is 0 Å². The molecule has 1 amide bonds. The maximum absolute atomic E-state index is 12.1. The summed E-state index contributed by atoms with van der Waals surface area (Å²) in [6, 6.07) is 4.97. The molecule has 1 aromatic rings. The largest absolute Gasteiger partial charge is 0.480 e. The quantitative estimate of drug-likeness (QED) is 0.832. The fourth-order valence-corrected chi connectivity index (χ4v) is 2.06. The molecule has 0 heterocycles. The SMILES string of the molecule is CCN(CC(=O)O)C(=O)c1cc(Cl)ccc1I. The predicted molar refractivity (Wildman–Crippen MR) is 73.4 cm³/mol. The second-order valence-electron chi connectivity index (χ2n) is 3.34. The van der Waals surface area contributed by atoms with Crippen molar-refractivity contribution in [3.05, 3.63) is 32.4 Å². The summed E-state index contributed by atoms with van der Waals surface area (Å²) < 4.78 is 0.751. The van der Waals surface area contributed by atoms with Crippen LogP contribution in [0.4, 0.5) is 0 Å². The number of rotatable bonds is 4. The Morgan fingerprint density at radius 1 is 1.47 bits per heavy atom. The van der Waals surface area contributed by atoms with Crippen LogP contribution in [0, 0.1) is 3.57 Å². The maximum Gasteiger partial charge on any atom is 0.323 e. The molecule has 4 nitrogen and oxygen atoms in total. The van der Waals surface area contributed by atoms with Crippen LogP contribution in [0.2, 0.25) is 5.02 Å². The minimum atomic E-state index is -1.03. The van der Waals surface area contributed by atoms with Gasteiger partial charge in [0.15, 0.2) is 0 Å². The Balaban J connectivity index is 3.01. The molecule has 0 aliphatic rings. The minimum absolute atomic E-state index is 0.308. The lowest BCUT2D eigenvalue weighted by Crippen LogP contribution is -2.35. The second kappa shape index (κ2) is 6.20. The lowest BCUT2D eigenvalue weighted by Gasteiger charge is -2.19. The van der Waals surface area contributed by atoms with E-state index in [4.69, 9.17) is 16.7 Å². The Kier molecular flexibility index (Phi) is 5.20. The first-order valence-corrected chi connectivity index (χ1v) is 6.37. The molecule has 0 spiro atoms. The van der Waals surface area contributed by atoms with Crippen molar-refractivity contribution < 1.29 is 14.7 Å². The molecular formula is C11H11ClINO3. The van der Waals surface area contributed by atoms with Crippen LogP contribution in [-0.4, -0.2) is 35.0 Å². The van der Waals surface area contributed by atoms with Crippen LogP contribution in [0.1, 0.15) is 17.3 Å². The number of aliphatic carboxylic acids is 1. The molecule has 92 valence electrons. The predicted octanol–water partition coefficient (Wildman–Crippen LogP) is 2.49. The van der Waals surface area contributed by atoms with E-state index >= 15 is 0 Å². The molecule has 0 bridgehead atoms. The molecular weight excluding hydrogens is 356 g/mol. The summed E-state index contributed by atoms with van der Waals surface area (Å²) in [5.41, 5.74) is 0.432. The van der Waals surface area contributed by atoms with Crippen molar-refractivity contribution in [1.29, 1.82) is 0 Å². The van der Waals surface area contributed by atoms with Gasteiger partial charge in [-0.1, -0.05) is 11.6 Å². The van der Waals surface area contributed by atoms with Crippen molar-refractivity contribution in [3.63, 3.8) is 0 Å². The molecule has 0 saturated carbocycles. The Bertz CT molecular complexity index is 450. The summed E-state index contributed by atoms with van der Waals surface area (Å²) in [6.07, 6.45) is 0. The second-order valence-corrected chi connectivity index (χ2v) is 4.94. The third kappa shape index (κ3) is 3.85. The molecule has 0 saturated heterocycles. The molecule has 0 fully saturated rings. The van der Waals surface area contributed by atoms with Crippen LogP contribution in [-0.2, 0) is 4.79 Å². The van der Waals surface area contributed by atoms with Crippen molar-refractivity contribution in [2.24, 2.45) is 0 Å². The van der Waals surface area contributed by atoms with E-state index in [9.17, 15) is 9.59 Å². The normalized spacial score (nSPS) is 10.1. The highest BCUT2D eigenvalue weighted by molar-refractivity contribution is 14.1. The number of carboxylic acid groups (broad SMARTS) is 1. The van der Waals surface area contributed by atoms with Crippen molar-refractivity contribution in [1.82, 2.24) is 4.90 Å². The number of benzene rings is 1. The fourth-order valence-electron chi connectivity index (χ4n) is 1.32. The van der Waals surface area contributed by atoms with Crippen LogP contribution in [0.15, 0.2) is 18.2 Å². The van der Waals surface area contributed by atoms with Gasteiger partial charge in [-0.3, -0.25) is 9.59 Å². The van der Waals surface area contributed by atoms with Gasteiger partial charge in [0.25, 0.3) is 5.91 Å². The van der Waals surface area contributed by atoms with Gasteiger partial charge in [-0.25, -0.2) is 0 Å². The first-order chi connectivity index (χ1) is 7.95. The van der Waals surface area contributed by atoms with Gasteiger partial charge >= 0.3 is 5.97 Å². The van der Waals surface area contributed by atoms with E-state index in [-0.39, 0.29) is 12.5 Å². The topological polar surface area (TPSA) is 57.6 Å². The van der Waals surface area contributed by atoms with Crippen LogP contribution in [0.25, 0.3) is 0 Å². The van der Waals surface area contributed by atoms with Crippen LogP contribution in [0.3, 0.4) is 0 Å². The molecule has 0 radical (unpaired) electrons. The number of carbonyl (C=O) groups is 2. The van der Waals surface area contributed by atoms with Gasteiger partial charge in [0.1, 0.15) is 6.54 Å². The molecule has 1 aromatic carbocycles. The third-order valence-electron chi connectivity index (χ3n) is 2.15. The summed E-state index contributed by atoms with van der Waals surface area (Å²) in [5, 5.41) is 9.17. The van der Waals surface area contributed by atoms with E-state index in [0.717, 1.165) is 3.57 Å².